The van der Waals surface area contributed by atoms with Gasteiger partial charge in [0.15, 0.2) is 5.76 Å². The lowest BCUT2D eigenvalue weighted by molar-refractivity contribution is -0.00969. The molecule has 0 bridgehead atoms. The number of amides is 2. The molecule has 5 rings (SSSR count). The molecule has 164 valence electrons. The first kappa shape index (κ1) is 20.5. The van der Waals surface area contributed by atoms with Crippen molar-refractivity contribution in [2.45, 2.75) is 30.4 Å². The Labute approximate surface area is 186 Å². The molecule has 7 heteroatoms. The molecule has 7 nitrogen and oxygen atoms in total. The lowest BCUT2D eigenvalue weighted by Crippen LogP contribution is -2.51. The van der Waals surface area contributed by atoms with Gasteiger partial charge >= 0.3 is 0 Å². The monoisotopic (exact) mass is 431 g/mol. The molecule has 1 fully saturated rings. The molecule has 3 heterocycles. The molecule has 1 spiro atoms. The quantitative estimate of drug-likeness (QED) is 0.685. The number of pyridine rings is 1. The molecular formula is C25H25N3O4. The maximum absolute atomic E-state index is 13.0. The molecule has 1 saturated heterocycles. The fourth-order valence-corrected chi connectivity index (χ4v) is 5.32. The number of methoxy groups -OCH3 is 1. The van der Waals surface area contributed by atoms with Crippen molar-refractivity contribution in [1.82, 2.24) is 15.2 Å². The molecule has 0 saturated carbocycles. The summed E-state index contributed by atoms with van der Waals surface area (Å²) in [5.74, 6) is 0.114. The Hall–Kier alpha value is -3.45. The van der Waals surface area contributed by atoms with Gasteiger partial charge in [-0.25, -0.2) is 0 Å². The van der Waals surface area contributed by atoms with Gasteiger partial charge in [-0.15, -0.1) is 0 Å². The van der Waals surface area contributed by atoms with Gasteiger partial charge in [-0.2, -0.15) is 0 Å². The van der Waals surface area contributed by atoms with Crippen molar-refractivity contribution >= 4 is 11.8 Å². The van der Waals surface area contributed by atoms with Crippen LogP contribution in [-0.2, 0) is 10.2 Å². The molecule has 2 aromatic heterocycles. The van der Waals surface area contributed by atoms with E-state index in [0.717, 1.165) is 18.4 Å². The predicted octanol–water partition coefficient (Wildman–Crippen LogP) is 3.35. The number of carbonyl (C=O) groups is 2. The Morgan fingerprint density at radius 2 is 1.84 bits per heavy atom. The highest BCUT2D eigenvalue weighted by Gasteiger charge is 2.54. The number of rotatable bonds is 4. The van der Waals surface area contributed by atoms with E-state index in [1.165, 1.54) is 11.8 Å². The van der Waals surface area contributed by atoms with Gasteiger partial charge in [0.25, 0.3) is 11.8 Å². The van der Waals surface area contributed by atoms with Crippen molar-refractivity contribution < 1.29 is 18.7 Å². The standard InChI is InChI=1S/C25H25N3O4/c1-31-22-21(27-23(29)17-8-12-26-13-9-17)18-5-2-3-6-19(18)25(22)10-14-28(15-11-25)24(30)20-7-4-16-32-20/h2-9,12-13,16,21-22H,10-11,14-15H2,1H3,(H,27,29)/t21-,22+/m1/s1. The summed E-state index contributed by atoms with van der Waals surface area (Å²) < 4.78 is 11.4. The van der Waals surface area contributed by atoms with Crippen LogP contribution in [0.15, 0.2) is 71.6 Å². The highest BCUT2D eigenvalue weighted by atomic mass is 16.5. The van der Waals surface area contributed by atoms with E-state index in [1.807, 2.05) is 17.0 Å². The van der Waals surface area contributed by atoms with Crippen LogP contribution in [-0.4, -0.2) is 48.0 Å². The van der Waals surface area contributed by atoms with Crippen LogP contribution >= 0.6 is 0 Å². The Kier molecular flexibility index (Phi) is 5.27. The molecule has 32 heavy (non-hydrogen) atoms. The van der Waals surface area contributed by atoms with E-state index in [0.29, 0.717) is 24.4 Å². The molecule has 1 aromatic carbocycles. The lowest BCUT2D eigenvalue weighted by Gasteiger charge is -2.43. The summed E-state index contributed by atoms with van der Waals surface area (Å²) in [4.78, 5) is 31.6. The summed E-state index contributed by atoms with van der Waals surface area (Å²) in [6.07, 6.45) is 6.00. The van der Waals surface area contributed by atoms with E-state index in [4.69, 9.17) is 9.15 Å². The number of fused-ring (bicyclic) bond motifs is 2. The summed E-state index contributed by atoms with van der Waals surface area (Å²) in [7, 11) is 1.70. The van der Waals surface area contributed by atoms with Gasteiger partial charge in [0.2, 0.25) is 0 Å². The SMILES string of the molecule is CO[C@H]1[C@H](NC(=O)c2ccncc2)c2ccccc2C12CCN(C(=O)c1ccco1)CC2. The van der Waals surface area contributed by atoms with E-state index >= 15 is 0 Å². The van der Waals surface area contributed by atoms with E-state index in [-0.39, 0.29) is 29.4 Å². The van der Waals surface area contributed by atoms with Crippen molar-refractivity contribution in [2.75, 3.05) is 20.2 Å². The molecule has 1 aliphatic carbocycles. The average molecular weight is 431 g/mol. The summed E-state index contributed by atoms with van der Waals surface area (Å²) in [5, 5.41) is 3.19. The largest absolute Gasteiger partial charge is 0.459 e. The van der Waals surface area contributed by atoms with E-state index in [2.05, 4.69) is 22.4 Å². The molecule has 1 aliphatic heterocycles. The molecule has 0 unspecified atom stereocenters. The van der Waals surface area contributed by atoms with E-state index < -0.39 is 0 Å². The van der Waals surface area contributed by atoms with Gasteiger partial charge in [0.1, 0.15) is 0 Å². The average Bonchev–Trinajstić information content (AvgIpc) is 3.46. The fourth-order valence-electron chi connectivity index (χ4n) is 5.32. The van der Waals surface area contributed by atoms with Crippen LogP contribution < -0.4 is 5.32 Å². The minimum absolute atomic E-state index is 0.0901. The first-order chi connectivity index (χ1) is 15.6. The predicted molar refractivity (Wildman–Crippen MR) is 117 cm³/mol. The molecular weight excluding hydrogens is 406 g/mol. The molecule has 2 aliphatic rings. The van der Waals surface area contributed by atoms with Gasteiger partial charge in [-0.3, -0.25) is 14.6 Å². The number of carbonyl (C=O) groups excluding carboxylic acids is 2. The number of furan rings is 1. The van der Waals surface area contributed by atoms with Crippen molar-refractivity contribution in [2.24, 2.45) is 0 Å². The summed E-state index contributed by atoms with van der Waals surface area (Å²) >= 11 is 0. The van der Waals surface area contributed by atoms with Crippen LogP contribution in [0.25, 0.3) is 0 Å². The maximum atomic E-state index is 13.0. The van der Waals surface area contributed by atoms with Gasteiger partial charge in [0, 0.05) is 43.6 Å². The zero-order valence-electron chi connectivity index (χ0n) is 17.9. The summed E-state index contributed by atoms with van der Waals surface area (Å²) in [6.45, 7) is 1.19. The van der Waals surface area contributed by atoms with Crippen LogP contribution in [0.4, 0.5) is 0 Å². The maximum Gasteiger partial charge on any atom is 0.289 e. The number of ether oxygens (including phenoxy) is 1. The van der Waals surface area contributed by atoms with Gasteiger partial charge in [0.05, 0.1) is 18.4 Å². The van der Waals surface area contributed by atoms with Crippen molar-refractivity contribution in [3.8, 4) is 0 Å². The zero-order chi connectivity index (χ0) is 22.1. The molecule has 2 atom stereocenters. The van der Waals surface area contributed by atoms with E-state index in [9.17, 15) is 9.59 Å². The van der Waals surface area contributed by atoms with Crippen LogP contribution in [0, 0.1) is 0 Å². The highest BCUT2D eigenvalue weighted by Crippen LogP contribution is 2.52. The van der Waals surface area contributed by atoms with Crippen molar-refractivity contribution in [1.29, 1.82) is 0 Å². The number of benzene rings is 1. The van der Waals surface area contributed by atoms with Crippen LogP contribution in [0.3, 0.4) is 0 Å². The third-order valence-corrected chi connectivity index (χ3v) is 6.84. The number of likely N-dealkylation sites (tertiary alicyclic amines) is 1. The number of hydrogen-bond acceptors (Lipinski definition) is 5. The Balaban J connectivity index is 1.42. The number of hydrogen-bond donors (Lipinski definition) is 1. The molecule has 3 aromatic rings. The van der Waals surface area contributed by atoms with Gasteiger partial charge in [-0.05, 0) is 48.2 Å². The number of nitrogens with one attached hydrogen (secondary N) is 1. The lowest BCUT2D eigenvalue weighted by atomic mass is 9.72. The fraction of sp³-hybridized carbons (Fsp3) is 0.320. The van der Waals surface area contributed by atoms with E-state index in [1.54, 1.807) is 43.8 Å². The minimum Gasteiger partial charge on any atom is -0.459 e. The summed E-state index contributed by atoms with van der Waals surface area (Å²) in [5.41, 5.74) is 2.55. The second kappa shape index (κ2) is 8.24. The van der Waals surface area contributed by atoms with Gasteiger partial charge < -0.3 is 19.4 Å². The van der Waals surface area contributed by atoms with Crippen LogP contribution in [0.1, 0.15) is 50.9 Å². The molecule has 0 radical (unpaired) electrons. The Morgan fingerprint density at radius 3 is 2.53 bits per heavy atom. The third-order valence-electron chi connectivity index (χ3n) is 6.84. The number of nitrogens with zero attached hydrogens (tertiary/aromatic N) is 2. The Morgan fingerprint density at radius 1 is 1.09 bits per heavy atom. The normalized spacial score (nSPS) is 21.3. The minimum atomic E-state index is -0.276. The Bertz CT molecular complexity index is 1110. The number of piperidine rings is 1. The van der Waals surface area contributed by atoms with Crippen LogP contribution in [0.2, 0.25) is 0 Å². The molecule has 2 amide bonds. The van der Waals surface area contributed by atoms with Gasteiger partial charge in [-0.1, -0.05) is 24.3 Å². The van der Waals surface area contributed by atoms with Crippen molar-refractivity contribution in [3.63, 3.8) is 0 Å². The smallest absolute Gasteiger partial charge is 0.289 e. The topological polar surface area (TPSA) is 84.7 Å². The van der Waals surface area contributed by atoms with Crippen molar-refractivity contribution in [3.05, 3.63) is 89.6 Å². The first-order valence-electron chi connectivity index (χ1n) is 10.8. The second-order valence-corrected chi connectivity index (χ2v) is 8.36. The third kappa shape index (κ3) is 3.29. The molecule has 1 N–H and O–H groups in total. The second-order valence-electron chi connectivity index (χ2n) is 8.36. The first-order valence-corrected chi connectivity index (χ1v) is 10.8. The zero-order valence-corrected chi connectivity index (χ0v) is 17.9. The highest BCUT2D eigenvalue weighted by molar-refractivity contribution is 5.94. The van der Waals surface area contributed by atoms with Crippen LogP contribution in [0.5, 0.6) is 0 Å². The number of aromatic nitrogens is 1. The summed E-state index contributed by atoms with van der Waals surface area (Å²) in [6, 6.07) is 14.8.